The first-order valence-corrected chi connectivity index (χ1v) is 10.4. The van der Waals surface area contributed by atoms with E-state index in [2.05, 4.69) is 9.97 Å². The Kier molecular flexibility index (Phi) is 5.70. The number of benzene rings is 1. The van der Waals surface area contributed by atoms with E-state index >= 15 is 8.78 Å². The van der Waals surface area contributed by atoms with E-state index in [0.717, 1.165) is 22.5 Å². The molecule has 1 aliphatic rings. The van der Waals surface area contributed by atoms with Gasteiger partial charge in [-0.15, -0.1) is 0 Å². The molecule has 0 amide bonds. The maximum Gasteiger partial charge on any atom is 0.224 e. The van der Waals surface area contributed by atoms with Crippen LogP contribution in [0, 0.1) is 11.8 Å². The highest BCUT2D eigenvalue weighted by atomic mass is 19.1. The molecule has 0 radical (unpaired) electrons. The molecule has 0 bridgehead atoms. The Labute approximate surface area is 178 Å². The van der Waals surface area contributed by atoms with Crippen LogP contribution in [0.1, 0.15) is 43.6 Å². The quantitative estimate of drug-likeness (QED) is 0.569. The number of hydrogen-bond acceptors (Lipinski definition) is 4. The smallest absolute Gasteiger partial charge is 0.224 e. The van der Waals surface area contributed by atoms with Crippen LogP contribution in [0.5, 0.6) is 5.88 Å². The summed E-state index contributed by atoms with van der Waals surface area (Å²) in [6.45, 7) is 4.19. The highest BCUT2D eigenvalue weighted by molar-refractivity contribution is 5.85. The molecule has 0 fully saturated rings. The summed E-state index contributed by atoms with van der Waals surface area (Å²) in [7, 11) is 0. The molecule has 0 saturated heterocycles. The minimum Gasteiger partial charge on any atom is -0.478 e. The van der Waals surface area contributed by atoms with Gasteiger partial charge in [0.25, 0.3) is 0 Å². The average Bonchev–Trinajstić information content (AvgIpc) is 3.08. The molecule has 3 unspecified atom stereocenters. The van der Waals surface area contributed by atoms with Gasteiger partial charge in [0.1, 0.15) is 11.5 Å². The van der Waals surface area contributed by atoms with E-state index in [0.29, 0.717) is 12.1 Å². The second kappa shape index (κ2) is 8.16. The highest BCUT2D eigenvalue weighted by Gasteiger charge is 2.42. The van der Waals surface area contributed by atoms with Gasteiger partial charge in [-0.2, -0.15) is 9.37 Å². The maximum atomic E-state index is 15.2. The standard InChI is InChI=1S/C23H26F3N3O2/c1-4-31-18-10-16(24)19(22(25)28-18)21-20-15(14-7-5-6-8-17(14)27-20)9-13(2)29(21)11-23(3,26)12-30/h5-8,10,13,21,27,30H,4,9,11-12H2,1-3H3. The van der Waals surface area contributed by atoms with Crippen LogP contribution >= 0.6 is 0 Å². The number of aliphatic hydroxyl groups excluding tert-OH is 1. The molecule has 4 rings (SSSR count). The molecule has 3 aromatic rings. The number of para-hydroxylation sites is 1. The van der Waals surface area contributed by atoms with Gasteiger partial charge in [-0.1, -0.05) is 18.2 Å². The Hall–Kier alpha value is -2.58. The minimum absolute atomic E-state index is 0.140. The number of aromatic nitrogens is 2. The van der Waals surface area contributed by atoms with Crippen LogP contribution in [-0.4, -0.2) is 51.4 Å². The van der Waals surface area contributed by atoms with Crippen molar-refractivity contribution in [2.45, 2.75) is 44.9 Å². The van der Waals surface area contributed by atoms with Gasteiger partial charge in [-0.3, -0.25) is 4.90 Å². The van der Waals surface area contributed by atoms with E-state index in [1.54, 1.807) is 11.8 Å². The van der Waals surface area contributed by atoms with Crippen LogP contribution in [0.3, 0.4) is 0 Å². The number of aliphatic hydroxyl groups is 1. The van der Waals surface area contributed by atoms with Crippen LogP contribution in [0.15, 0.2) is 30.3 Å². The summed E-state index contributed by atoms with van der Waals surface area (Å²) < 4.78 is 50.5. The van der Waals surface area contributed by atoms with Crippen molar-refractivity contribution in [3.05, 3.63) is 58.9 Å². The monoisotopic (exact) mass is 433 g/mol. The Bertz CT molecular complexity index is 1080. The van der Waals surface area contributed by atoms with Gasteiger partial charge in [-0.25, -0.2) is 8.78 Å². The van der Waals surface area contributed by atoms with Gasteiger partial charge in [0.2, 0.25) is 11.8 Å². The predicted octanol–water partition coefficient (Wildman–Crippen LogP) is 4.30. The fourth-order valence-electron chi connectivity index (χ4n) is 4.43. The van der Waals surface area contributed by atoms with E-state index < -0.39 is 30.1 Å². The fraction of sp³-hybridized carbons (Fsp3) is 0.435. The van der Waals surface area contributed by atoms with Crippen molar-refractivity contribution >= 4 is 10.9 Å². The third-order valence-corrected chi connectivity index (χ3v) is 5.86. The lowest BCUT2D eigenvalue weighted by Crippen LogP contribution is -2.50. The summed E-state index contributed by atoms with van der Waals surface area (Å²) in [4.78, 5) is 8.78. The van der Waals surface area contributed by atoms with Crippen molar-refractivity contribution in [3.63, 3.8) is 0 Å². The number of hydrogen-bond donors (Lipinski definition) is 2. The van der Waals surface area contributed by atoms with Crippen LogP contribution in [-0.2, 0) is 6.42 Å². The van der Waals surface area contributed by atoms with Crippen molar-refractivity contribution in [1.29, 1.82) is 0 Å². The predicted molar refractivity (Wildman–Crippen MR) is 112 cm³/mol. The molecule has 0 spiro atoms. The van der Waals surface area contributed by atoms with E-state index in [4.69, 9.17) is 4.74 Å². The number of rotatable bonds is 6. The molecule has 2 aromatic heterocycles. The molecule has 0 saturated carbocycles. The largest absolute Gasteiger partial charge is 0.478 e. The summed E-state index contributed by atoms with van der Waals surface area (Å²) >= 11 is 0. The first kappa shape index (κ1) is 21.6. The van der Waals surface area contributed by atoms with Crippen molar-refractivity contribution in [3.8, 4) is 5.88 Å². The number of ether oxygens (including phenoxy) is 1. The zero-order valence-electron chi connectivity index (χ0n) is 17.8. The summed E-state index contributed by atoms with van der Waals surface area (Å²) in [5.41, 5.74) is 0.188. The SMILES string of the molecule is CCOc1cc(F)c(C2c3[nH]c4ccccc4c3CC(C)N2CC(C)(F)CO)c(F)n1. The van der Waals surface area contributed by atoms with Crippen LogP contribution < -0.4 is 4.74 Å². The molecule has 8 heteroatoms. The molecule has 5 nitrogen and oxygen atoms in total. The first-order chi connectivity index (χ1) is 14.8. The third-order valence-electron chi connectivity index (χ3n) is 5.86. The van der Waals surface area contributed by atoms with Crippen LogP contribution in [0.2, 0.25) is 0 Å². The summed E-state index contributed by atoms with van der Waals surface area (Å²) in [6, 6.07) is 7.54. The number of nitrogens with one attached hydrogen (secondary N) is 1. The number of halogens is 3. The molecule has 3 heterocycles. The normalized spacial score (nSPS) is 21.1. The average molecular weight is 433 g/mol. The van der Waals surface area contributed by atoms with E-state index in [1.165, 1.54) is 6.92 Å². The van der Waals surface area contributed by atoms with Crippen molar-refractivity contribution in [2.75, 3.05) is 19.8 Å². The molecule has 0 aliphatic carbocycles. The third kappa shape index (κ3) is 3.90. The van der Waals surface area contributed by atoms with Crippen LogP contribution in [0.25, 0.3) is 10.9 Å². The zero-order chi connectivity index (χ0) is 22.3. The number of H-pyrrole nitrogens is 1. The Morgan fingerprint density at radius 1 is 1.32 bits per heavy atom. The molecule has 2 N–H and O–H groups in total. The topological polar surface area (TPSA) is 61.4 Å². The molecule has 31 heavy (non-hydrogen) atoms. The number of fused-ring (bicyclic) bond motifs is 3. The first-order valence-electron chi connectivity index (χ1n) is 10.4. The van der Waals surface area contributed by atoms with E-state index in [-0.39, 0.29) is 30.6 Å². The van der Waals surface area contributed by atoms with Gasteiger partial charge >= 0.3 is 0 Å². The Morgan fingerprint density at radius 3 is 2.74 bits per heavy atom. The van der Waals surface area contributed by atoms with Gasteiger partial charge in [0, 0.05) is 35.2 Å². The molecule has 166 valence electrons. The van der Waals surface area contributed by atoms with Crippen molar-refractivity contribution in [1.82, 2.24) is 14.9 Å². The minimum atomic E-state index is -1.94. The summed E-state index contributed by atoms with van der Waals surface area (Å²) in [5, 5.41) is 10.5. The maximum absolute atomic E-state index is 15.2. The molecular formula is C23H26F3N3O2. The lowest BCUT2D eigenvalue weighted by Gasteiger charge is -2.43. The Balaban J connectivity index is 1.92. The van der Waals surface area contributed by atoms with Gasteiger partial charge in [0.15, 0.2) is 0 Å². The van der Waals surface area contributed by atoms with Gasteiger partial charge in [0.05, 0.1) is 24.8 Å². The van der Waals surface area contributed by atoms with Gasteiger partial charge in [-0.05, 0) is 38.8 Å². The number of nitrogens with zero attached hydrogens (tertiary/aromatic N) is 2. The molecule has 3 atom stereocenters. The fourth-order valence-corrected chi connectivity index (χ4v) is 4.43. The second-order valence-corrected chi connectivity index (χ2v) is 8.34. The summed E-state index contributed by atoms with van der Waals surface area (Å²) in [5.74, 6) is -1.95. The van der Waals surface area contributed by atoms with E-state index in [1.807, 2.05) is 31.2 Å². The summed E-state index contributed by atoms with van der Waals surface area (Å²) in [6.07, 6.45) is 0.574. The zero-order valence-corrected chi connectivity index (χ0v) is 17.8. The number of alkyl halides is 1. The van der Waals surface area contributed by atoms with Crippen molar-refractivity contribution in [2.24, 2.45) is 0 Å². The van der Waals surface area contributed by atoms with Gasteiger partial charge < -0.3 is 14.8 Å². The van der Waals surface area contributed by atoms with E-state index in [9.17, 15) is 9.50 Å². The lowest BCUT2D eigenvalue weighted by atomic mass is 9.87. The van der Waals surface area contributed by atoms with Crippen LogP contribution in [0.4, 0.5) is 13.2 Å². The highest BCUT2D eigenvalue weighted by Crippen LogP contribution is 2.43. The molecule has 1 aromatic carbocycles. The second-order valence-electron chi connectivity index (χ2n) is 8.34. The number of pyridine rings is 1. The molecular weight excluding hydrogens is 407 g/mol. The Morgan fingerprint density at radius 2 is 2.06 bits per heavy atom. The molecule has 1 aliphatic heterocycles. The number of aromatic amines is 1. The van der Waals surface area contributed by atoms with Crippen molar-refractivity contribution < 1.29 is 23.0 Å². The lowest BCUT2D eigenvalue weighted by molar-refractivity contribution is 0.0160.